The predicted molar refractivity (Wildman–Crippen MR) is 99.5 cm³/mol. The Balaban J connectivity index is 1.80. The first-order valence-corrected chi connectivity index (χ1v) is 8.66. The molecule has 0 aromatic heterocycles. The summed E-state index contributed by atoms with van der Waals surface area (Å²) in [6.45, 7) is 6.87. The molecule has 4 nitrogen and oxygen atoms in total. The lowest BCUT2D eigenvalue weighted by Gasteiger charge is -2.32. The minimum atomic E-state index is -0.108. The van der Waals surface area contributed by atoms with Gasteiger partial charge in [0.2, 0.25) is 11.8 Å². The SMILES string of the molecule is CC(=O)N(CC(=O)N1CCc2ccccc2C1)c1c(C)cccc1C. The first kappa shape index (κ1) is 17.2. The second kappa shape index (κ2) is 7.09. The van der Waals surface area contributed by atoms with Crippen LogP contribution in [-0.4, -0.2) is 29.8 Å². The van der Waals surface area contributed by atoms with Crippen molar-refractivity contribution in [2.45, 2.75) is 33.7 Å². The summed E-state index contributed by atoms with van der Waals surface area (Å²) >= 11 is 0. The first-order chi connectivity index (χ1) is 12.0. The molecule has 3 rings (SSSR count). The van der Waals surface area contributed by atoms with Crippen molar-refractivity contribution < 1.29 is 9.59 Å². The Kier molecular flexibility index (Phi) is 4.88. The molecule has 1 heterocycles. The van der Waals surface area contributed by atoms with E-state index in [1.807, 2.05) is 49.1 Å². The average molecular weight is 336 g/mol. The number of amides is 2. The van der Waals surface area contributed by atoms with Crippen LogP contribution in [0, 0.1) is 13.8 Å². The van der Waals surface area contributed by atoms with Gasteiger partial charge in [0, 0.05) is 20.0 Å². The Morgan fingerprint density at radius 2 is 1.64 bits per heavy atom. The van der Waals surface area contributed by atoms with Crippen molar-refractivity contribution in [3.63, 3.8) is 0 Å². The molecule has 2 amide bonds. The van der Waals surface area contributed by atoms with Crippen LogP contribution in [0.2, 0.25) is 0 Å². The number of rotatable bonds is 3. The van der Waals surface area contributed by atoms with Crippen LogP contribution < -0.4 is 4.90 Å². The van der Waals surface area contributed by atoms with E-state index in [9.17, 15) is 9.59 Å². The number of para-hydroxylation sites is 1. The number of anilines is 1. The number of carbonyl (C=O) groups excluding carboxylic acids is 2. The Morgan fingerprint density at radius 3 is 2.28 bits per heavy atom. The quantitative estimate of drug-likeness (QED) is 0.863. The van der Waals surface area contributed by atoms with E-state index in [1.54, 1.807) is 4.90 Å². The zero-order valence-corrected chi connectivity index (χ0v) is 15.1. The summed E-state index contributed by atoms with van der Waals surface area (Å²) < 4.78 is 0. The van der Waals surface area contributed by atoms with Gasteiger partial charge in [0.05, 0.1) is 5.69 Å². The van der Waals surface area contributed by atoms with Crippen molar-refractivity contribution in [1.82, 2.24) is 4.90 Å². The van der Waals surface area contributed by atoms with Crippen molar-refractivity contribution in [2.75, 3.05) is 18.0 Å². The minimum absolute atomic E-state index is 0.00708. The van der Waals surface area contributed by atoms with Crippen LogP contribution in [0.3, 0.4) is 0 Å². The Morgan fingerprint density at radius 1 is 1.00 bits per heavy atom. The summed E-state index contributed by atoms with van der Waals surface area (Å²) in [5, 5.41) is 0. The molecule has 0 radical (unpaired) electrons. The molecule has 2 aromatic rings. The number of benzene rings is 2. The number of fused-ring (bicyclic) bond motifs is 1. The van der Waals surface area contributed by atoms with Crippen LogP contribution in [0.5, 0.6) is 0 Å². The topological polar surface area (TPSA) is 40.6 Å². The smallest absolute Gasteiger partial charge is 0.242 e. The number of aryl methyl sites for hydroxylation is 2. The lowest BCUT2D eigenvalue weighted by atomic mass is 10.00. The van der Waals surface area contributed by atoms with E-state index in [2.05, 4.69) is 12.1 Å². The zero-order valence-electron chi connectivity index (χ0n) is 15.1. The monoisotopic (exact) mass is 336 g/mol. The van der Waals surface area contributed by atoms with Gasteiger partial charge in [-0.2, -0.15) is 0 Å². The van der Waals surface area contributed by atoms with Crippen molar-refractivity contribution >= 4 is 17.5 Å². The Hall–Kier alpha value is -2.62. The molecule has 0 bridgehead atoms. The van der Waals surface area contributed by atoms with Crippen LogP contribution >= 0.6 is 0 Å². The molecule has 0 saturated carbocycles. The highest BCUT2D eigenvalue weighted by atomic mass is 16.2. The summed E-state index contributed by atoms with van der Waals surface area (Å²) in [6, 6.07) is 14.1. The van der Waals surface area contributed by atoms with Gasteiger partial charge in [-0.05, 0) is 42.5 Å². The largest absolute Gasteiger partial charge is 0.336 e. The Bertz CT molecular complexity index is 793. The molecule has 4 heteroatoms. The minimum Gasteiger partial charge on any atom is -0.336 e. The van der Waals surface area contributed by atoms with E-state index >= 15 is 0 Å². The normalized spacial score (nSPS) is 13.3. The van der Waals surface area contributed by atoms with Gasteiger partial charge in [-0.25, -0.2) is 0 Å². The third kappa shape index (κ3) is 3.58. The van der Waals surface area contributed by atoms with Gasteiger partial charge in [0.1, 0.15) is 6.54 Å². The van der Waals surface area contributed by atoms with Gasteiger partial charge in [-0.3, -0.25) is 9.59 Å². The van der Waals surface area contributed by atoms with Gasteiger partial charge in [-0.1, -0.05) is 42.5 Å². The van der Waals surface area contributed by atoms with Gasteiger partial charge >= 0.3 is 0 Å². The molecule has 25 heavy (non-hydrogen) atoms. The lowest BCUT2D eigenvalue weighted by molar-refractivity contribution is -0.132. The van der Waals surface area contributed by atoms with Crippen molar-refractivity contribution in [1.29, 1.82) is 0 Å². The highest BCUT2D eigenvalue weighted by Gasteiger charge is 2.25. The maximum atomic E-state index is 12.9. The Labute approximate surface area is 149 Å². The van der Waals surface area contributed by atoms with Crippen molar-refractivity contribution in [3.05, 3.63) is 64.7 Å². The van der Waals surface area contributed by atoms with Gasteiger partial charge in [0.25, 0.3) is 0 Å². The fraction of sp³-hybridized carbons (Fsp3) is 0.333. The van der Waals surface area contributed by atoms with Gasteiger partial charge < -0.3 is 9.80 Å². The molecular weight excluding hydrogens is 312 g/mol. The van der Waals surface area contributed by atoms with E-state index in [4.69, 9.17) is 0 Å². The third-order valence-corrected chi connectivity index (χ3v) is 4.87. The summed E-state index contributed by atoms with van der Waals surface area (Å²) in [4.78, 5) is 28.5. The third-order valence-electron chi connectivity index (χ3n) is 4.87. The summed E-state index contributed by atoms with van der Waals surface area (Å²) in [5.74, 6) is -0.115. The first-order valence-electron chi connectivity index (χ1n) is 8.66. The highest BCUT2D eigenvalue weighted by molar-refractivity contribution is 5.98. The average Bonchev–Trinajstić information content (AvgIpc) is 2.60. The fourth-order valence-corrected chi connectivity index (χ4v) is 3.52. The summed E-state index contributed by atoms with van der Waals surface area (Å²) in [7, 11) is 0. The molecule has 0 atom stereocenters. The van der Waals surface area contributed by atoms with Crippen molar-refractivity contribution in [3.8, 4) is 0 Å². The molecule has 0 spiro atoms. The number of hydrogen-bond acceptors (Lipinski definition) is 2. The van der Waals surface area contributed by atoms with Gasteiger partial charge in [-0.15, -0.1) is 0 Å². The van der Waals surface area contributed by atoms with Crippen LogP contribution in [0.25, 0.3) is 0 Å². The van der Waals surface area contributed by atoms with E-state index < -0.39 is 0 Å². The van der Waals surface area contributed by atoms with Crippen LogP contribution in [0.15, 0.2) is 42.5 Å². The number of hydrogen-bond donors (Lipinski definition) is 0. The molecular formula is C21H24N2O2. The molecule has 0 fully saturated rings. The molecule has 0 unspecified atom stereocenters. The second-order valence-electron chi connectivity index (χ2n) is 6.68. The maximum Gasteiger partial charge on any atom is 0.242 e. The zero-order chi connectivity index (χ0) is 18.0. The number of nitrogens with zero attached hydrogens (tertiary/aromatic N) is 2. The van der Waals surface area contributed by atoms with Crippen LogP contribution in [-0.2, 0) is 22.6 Å². The second-order valence-corrected chi connectivity index (χ2v) is 6.68. The van der Waals surface area contributed by atoms with E-state index in [-0.39, 0.29) is 18.4 Å². The molecule has 130 valence electrons. The van der Waals surface area contributed by atoms with Crippen LogP contribution in [0.1, 0.15) is 29.2 Å². The number of carbonyl (C=O) groups is 2. The van der Waals surface area contributed by atoms with Gasteiger partial charge in [0.15, 0.2) is 0 Å². The van der Waals surface area contributed by atoms with E-state index in [0.29, 0.717) is 13.1 Å². The highest BCUT2D eigenvalue weighted by Crippen LogP contribution is 2.25. The summed E-state index contributed by atoms with van der Waals surface area (Å²) in [5.41, 5.74) is 5.37. The standard InChI is InChI=1S/C21H24N2O2/c1-15-7-6-8-16(2)21(15)23(17(3)24)14-20(25)22-12-11-18-9-4-5-10-19(18)13-22/h4-10H,11-14H2,1-3H3. The summed E-state index contributed by atoms with van der Waals surface area (Å²) in [6.07, 6.45) is 0.866. The van der Waals surface area contributed by atoms with E-state index in [0.717, 1.165) is 23.2 Å². The predicted octanol–water partition coefficient (Wildman–Crippen LogP) is 3.24. The molecule has 1 aliphatic rings. The van der Waals surface area contributed by atoms with E-state index in [1.165, 1.54) is 18.1 Å². The van der Waals surface area contributed by atoms with Crippen LogP contribution in [0.4, 0.5) is 5.69 Å². The van der Waals surface area contributed by atoms with Crippen molar-refractivity contribution in [2.24, 2.45) is 0 Å². The fourth-order valence-electron chi connectivity index (χ4n) is 3.52. The molecule has 2 aromatic carbocycles. The maximum absolute atomic E-state index is 12.9. The molecule has 1 aliphatic heterocycles. The molecule has 0 saturated heterocycles. The molecule has 0 N–H and O–H groups in total. The molecule has 0 aliphatic carbocycles. The lowest BCUT2D eigenvalue weighted by Crippen LogP contribution is -2.44.